The molecule has 3 rings (SSSR count). The van der Waals surface area contributed by atoms with Crippen molar-refractivity contribution >= 4 is 33.4 Å². The van der Waals surface area contributed by atoms with Crippen LogP contribution in [0.1, 0.15) is 59.1 Å². The maximum Gasteiger partial charge on any atom is 0.339 e. The lowest BCUT2D eigenvalue weighted by Gasteiger charge is -2.11. The van der Waals surface area contributed by atoms with Crippen molar-refractivity contribution in [3.8, 4) is 0 Å². The van der Waals surface area contributed by atoms with Gasteiger partial charge in [-0.15, -0.1) is 0 Å². The monoisotopic (exact) mass is 458 g/mol. The highest BCUT2D eigenvalue weighted by Gasteiger charge is 2.18. The molecule has 2 N–H and O–H groups in total. The number of hydrogen-bond acceptors (Lipinski definition) is 7. The van der Waals surface area contributed by atoms with Gasteiger partial charge in [0.15, 0.2) is 0 Å². The minimum atomic E-state index is -3.75. The van der Waals surface area contributed by atoms with E-state index in [1.54, 1.807) is 13.8 Å². The number of aliphatic imine (C=N–C) groups is 1. The van der Waals surface area contributed by atoms with Gasteiger partial charge in [-0.1, -0.05) is 6.42 Å². The molecule has 2 heterocycles. The molecule has 0 aliphatic carbocycles. The smallest absolute Gasteiger partial charge is 0.339 e. The van der Waals surface area contributed by atoms with E-state index < -0.39 is 21.9 Å². The molecule has 0 spiro atoms. The molecule has 32 heavy (non-hydrogen) atoms. The van der Waals surface area contributed by atoms with Gasteiger partial charge in [0.1, 0.15) is 11.5 Å². The van der Waals surface area contributed by atoms with Gasteiger partial charge in [-0.25, -0.2) is 18.2 Å². The van der Waals surface area contributed by atoms with E-state index in [0.29, 0.717) is 35.7 Å². The number of esters is 1. The Morgan fingerprint density at radius 1 is 1.06 bits per heavy atom. The first-order valence-corrected chi connectivity index (χ1v) is 11.9. The van der Waals surface area contributed by atoms with Crippen molar-refractivity contribution in [3.63, 3.8) is 0 Å². The van der Waals surface area contributed by atoms with Crippen LogP contribution in [0.4, 0.5) is 5.69 Å². The SMILES string of the molecule is CCOC(=O)c1ccc(C(=O)Nc2ccc(S(=O)(=O)NC3=NCCCCC3)cc2)nc1C. The first-order valence-electron chi connectivity index (χ1n) is 10.4. The van der Waals surface area contributed by atoms with Crippen LogP contribution in [-0.4, -0.2) is 44.3 Å². The fraction of sp³-hybridized carbons (Fsp3) is 0.364. The molecular weight excluding hydrogens is 432 g/mol. The number of aromatic nitrogens is 1. The Morgan fingerprint density at radius 3 is 2.50 bits per heavy atom. The summed E-state index contributed by atoms with van der Waals surface area (Å²) in [6.45, 7) is 4.20. The highest BCUT2D eigenvalue weighted by Crippen LogP contribution is 2.17. The van der Waals surface area contributed by atoms with Crippen LogP contribution in [0.5, 0.6) is 0 Å². The number of amidine groups is 1. The number of nitrogens with zero attached hydrogens (tertiary/aromatic N) is 2. The molecule has 0 unspecified atom stereocenters. The number of anilines is 1. The zero-order chi connectivity index (χ0) is 23.1. The number of aryl methyl sites for hydroxylation is 1. The van der Waals surface area contributed by atoms with Gasteiger partial charge in [-0.3, -0.25) is 14.5 Å². The molecule has 0 saturated carbocycles. The first kappa shape index (κ1) is 23.4. The Labute approximate surface area is 187 Å². The van der Waals surface area contributed by atoms with Crippen molar-refractivity contribution in [3.05, 3.63) is 53.3 Å². The summed E-state index contributed by atoms with van der Waals surface area (Å²) in [5, 5.41) is 2.67. The molecule has 1 amide bonds. The quantitative estimate of drug-likeness (QED) is 0.641. The Bertz CT molecular complexity index is 1130. The second kappa shape index (κ2) is 10.4. The van der Waals surface area contributed by atoms with Gasteiger partial charge >= 0.3 is 5.97 Å². The number of carbonyl (C=O) groups is 2. The second-order valence-electron chi connectivity index (χ2n) is 7.27. The summed E-state index contributed by atoms with van der Waals surface area (Å²) in [6, 6.07) is 8.76. The number of carbonyl (C=O) groups excluding carboxylic acids is 2. The summed E-state index contributed by atoms with van der Waals surface area (Å²) in [5.74, 6) is -0.498. The molecule has 0 atom stereocenters. The molecule has 2 aromatic rings. The number of sulfonamides is 1. The molecule has 1 aromatic heterocycles. The summed E-state index contributed by atoms with van der Waals surface area (Å²) in [4.78, 5) is 32.9. The number of rotatable bonds is 6. The molecule has 0 fully saturated rings. The van der Waals surface area contributed by atoms with Gasteiger partial charge in [0.05, 0.1) is 22.8 Å². The van der Waals surface area contributed by atoms with E-state index in [9.17, 15) is 18.0 Å². The average Bonchev–Trinajstić information content (AvgIpc) is 3.02. The van der Waals surface area contributed by atoms with Crippen molar-refractivity contribution < 1.29 is 22.7 Å². The molecule has 1 aromatic carbocycles. The van der Waals surface area contributed by atoms with Crippen LogP contribution in [0.3, 0.4) is 0 Å². The maximum absolute atomic E-state index is 12.6. The van der Waals surface area contributed by atoms with E-state index in [4.69, 9.17) is 4.74 Å². The van der Waals surface area contributed by atoms with Gasteiger partial charge in [0, 0.05) is 18.7 Å². The number of ether oxygens (including phenoxy) is 1. The predicted molar refractivity (Wildman–Crippen MR) is 120 cm³/mol. The van der Waals surface area contributed by atoms with Gasteiger partial charge in [0.2, 0.25) is 0 Å². The summed E-state index contributed by atoms with van der Waals surface area (Å²) >= 11 is 0. The fourth-order valence-electron chi connectivity index (χ4n) is 3.20. The lowest BCUT2D eigenvalue weighted by atomic mass is 10.2. The van der Waals surface area contributed by atoms with E-state index in [-0.39, 0.29) is 17.2 Å². The maximum atomic E-state index is 12.6. The van der Waals surface area contributed by atoms with Crippen molar-refractivity contribution in [1.82, 2.24) is 9.71 Å². The van der Waals surface area contributed by atoms with Crippen molar-refractivity contribution in [1.29, 1.82) is 0 Å². The minimum Gasteiger partial charge on any atom is -0.462 e. The minimum absolute atomic E-state index is 0.0789. The van der Waals surface area contributed by atoms with Gasteiger partial charge in [-0.05, 0) is 63.1 Å². The number of amides is 1. The Morgan fingerprint density at radius 2 is 1.81 bits per heavy atom. The Kier molecular flexibility index (Phi) is 7.57. The molecule has 1 aliphatic heterocycles. The van der Waals surface area contributed by atoms with E-state index in [0.717, 1.165) is 19.3 Å². The second-order valence-corrected chi connectivity index (χ2v) is 8.96. The summed E-state index contributed by atoms with van der Waals surface area (Å²) < 4.78 is 32.7. The number of hydrogen-bond donors (Lipinski definition) is 2. The largest absolute Gasteiger partial charge is 0.462 e. The number of benzene rings is 1. The van der Waals surface area contributed by atoms with Crippen LogP contribution in [-0.2, 0) is 14.8 Å². The van der Waals surface area contributed by atoms with Gasteiger partial charge in [-0.2, -0.15) is 0 Å². The zero-order valence-corrected chi connectivity index (χ0v) is 18.9. The van der Waals surface area contributed by atoms with Crippen LogP contribution in [0.25, 0.3) is 0 Å². The average molecular weight is 459 g/mol. The number of nitrogens with one attached hydrogen (secondary N) is 2. The highest BCUT2D eigenvalue weighted by molar-refractivity contribution is 7.90. The molecule has 1 aliphatic rings. The molecule has 9 nitrogen and oxygen atoms in total. The van der Waals surface area contributed by atoms with Crippen LogP contribution in [0.15, 0.2) is 46.3 Å². The van der Waals surface area contributed by atoms with Crippen molar-refractivity contribution in [2.24, 2.45) is 4.99 Å². The van der Waals surface area contributed by atoms with Crippen LogP contribution in [0.2, 0.25) is 0 Å². The highest BCUT2D eigenvalue weighted by atomic mass is 32.2. The fourth-order valence-corrected chi connectivity index (χ4v) is 4.29. The molecule has 10 heteroatoms. The molecule has 170 valence electrons. The lowest BCUT2D eigenvalue weighted by Crippen LogP contribution is -2.30. The lowest BCUT2D eigenvalue weighted by molar-refractivity contribution is 0.0524. The molecule has 0 radical (unpaired) electrons. The van der Waals surface area contributed by atoms with Gasteiger partial charge in [0.25, 0.3) is 15.9 Å². The van der Waals surface area contributed by atoms with Crippen molar-refractivity contribution in [2.45, 2.75) is 44.4 Å². The third-order valence-corrected chi connectivity index (χ3v) is 6.26. The van der Waals surface area contributed by atoms with Gasteiger partial charge < -0.3 is 10.1 Å². The summed E-state index contributed by atoms with van der Waals surface area (Å²) in [6.07, 6.45) is 3.50. The third kappa shape index (κ3) is 5.91. The first-order chi connectivity index (χ1) is 15.3. The van der Waals surface area contributed by atoms with Crippen molar-refractivity contribution in [2.75, 3.05) is 18.5 Å². The topological polar surface area (TPSA) is 127 Å². The third-order valence-electron chi connectivity index (χ3n) is 4.86. The van der Waals surface area contributed by atoms with E-state index >= 15 is 0 Å². The molecule has 0 saturated heterocycles. The van der Waals surface area contributed by atoms with Crippen LogP contribution in [0, 0.1) is 6.92 Å². The van der Waals surface area contributed by atoms with E-state index in [1.165, 1.54) is 36.4 Å². The Balaban J connectivity index is 1.67. The van der Waals surface area contributed by atoms with Crippen LogP contribution >= 0.6 is 0 Å². The van der Waals surface area contributed by atoms with Crippen LogP contribution < -0.4 is 10.0 Å². The van der Waals surface area contributed by atoms with E-state index in [2.05, 4.69) is 20.0 Å². The van der Waals surface area contributed by atoms with E-state index in [1.807, 2.05) is 0 Å². The Hall–Kier alpha value is -3.27. The summed E-state index contributed by atoms with van der Waals surface area (Å²) in [7, 11) is -3.75. The normalized spacial score (nSPS) is 14.1. The summed E-state index contributed by atoms with van der Waals surface area (Å²) in [5.41, 5.74) is 1.21. The molecule has 0 bridgehead atoms. The predicted octanol–water partition coefficient (Wildman–Crippen LogP) is 3.07. The standard InChI is InChI=1S/C22H26N4O5S/c1-3-31-22(28)18-12-13-19(24-15(18)2)21(27)25-16-8-10-17(11-9-16)32(29,30)26-20-7-5-4-6-14-23-20/h8-13H,3-7,14H2,1-2H3,(H,23,26)(H,25,27). The number of pyridine rings is 1. The zero-order valence-electron chi connectivity index (χ0n) is 18.1. The molecular formula is C22H26N4O5S.